The predicted octanol–water partition coefficient (Wildman–Crippen LogP) is 2.80. The maximum absolute atomic E-state index is 13.3. The van der Waals surface area contributed by atoms with Crippen molar-refractivity contribution in [3.63, 3.8) is 0 Å². The van der Waals surface area contributed by atoms with Gasteiger partial charge in [0.15, 0.2) is 0 Å². The van der Waals surface area contributed by atoms with E-state index >= 15 is 0 Å². The number of fused-ring (bicyclic) bond motifs is 2. The SMILES string of the molecule is CC(C)(N)C(=O)N1C[C@@H](c2ccc(F)cc2)[C@@H]2[C@H]1C1CCN2CC1.Cl.Cl. The summed E-state index contributed by atoms with van der Waals surface area (Å²) in [5.74, 6) is 0.632. The van der Waals surface area contributed by atoms with Crippen LogP contribution < -0.4 is 5.73 Å². The van der Waals surface area contributed by atoms with Gasteiger partial charge < -0.3 is 10.6 Å². The molecule has 0 unspecified atom stereocenters. The number of piperidine rings is 3. The van der Waals surface area contributed by atoms with Crippen molar-refractivity contribution in [1.29, 1.82) is 0 Å². The zero-order valence-electron chi connectivity index (χ0n) is 15.2. The first kappa shape index (κ1) is 21.4. The Bertz CT molecular complexity index is 641. The summed E-state index contributed by atoms with van der Waals surface area (Å²) in [6.45, 7) is 6.48. The molecule has 0 spiro atoms. The number of carbonyl (C=O) groups excluding carboxylic acids is 1. The molecule has 5 rings (SSSR count). The fourth-order valence-electron chi connectivity index (χ4n) is 5.03. The zero-order valence-corrected chi connectivity index (χ0v) is 16.9. The van der Waals surface area contributed by atoms with Gasteiger partial charge >= 0.3 is 0 Å². The molecule has 2 N–H and O–H groups in total. The van der Waals surface area contributed by atoms with Crippen LogP contribution in [-0.4, -0.2) is 53.0 Å². The van der Waals surface area contributed by atoms with E-state index in [2.05, 4.69) is 4.90 Å². The molecule has 0 saturated carbocycles. The van der Waals surface area contributed by atoms with E-state index in [1.165, 1.54) is 12.1 Å². The number of nitrogens with zero attached hydrogens (tertiary/aromatic N) is 2. The number of nitrogens with two attached hydrogens (primary N) is 1. The Balaban J connectivity index is 0.00000121. The molecule has 4 fully saturated rings. The van der Waals surface area contributed by atoms with Crippen molar-refractivity contribution in [3.05, 3.63) is 35.6 Å². The molecule has 4 nitrogen and oxygen atoms in total. The second-order valence-electron chi connectivity index (χ2n) is 8.19. The average molecular weight is 404 g/mol. The zero-order chi connectivity index (χ0) is 17.1. The monoisotopic (exact) mass is 403 g/mol. The minimum Gasteiger partial charge on any atom is -0.336 e. The Morgan fingerprint density at radius 2 is 1.69 bits per heavy atom. The van der Waals surface area contributed by atoms with Gasteiger partial charge in [-0.2, -0.15) is 0 Å². The van der Waals surface area contributed by atoms with Crippen LogP contribution in [0.15, 0.2) is 24.3 Å². The number of hydrogen-bond acceptors (Lipinski definition) is 3. The van der Waals surface area contributed by atoms with Gasteiger partial charge in [0, 0.05) is 18.5 Å². The van der Waals surface area contributed by atoms with Gasteiger partial charge in [-0.25, -0.2) is 4.39 Å². The van der Waals surface area contributed by atoms with Gasteiger partial charge in [-0.15, -0.1) is 24.8 Å². The van der Waals surface area contributed by atoms with Crippen LogP contribution >= 0.6 is 24.8 Å². The topological polar surface area (TPSA) is 49.6 Å². The lowest BCUT2D eigenvalue weighted by molar-refractivity contribution is -0.140. The number of hydrogen-bond donors (Lipinski definition) is 1. The highest BCUT2D eigenvalue weighted by atomic mass is 35.5. The molecule has 4 saturated heterocycles. The number of likely N-dealkylation sites (tertiary alicyclic amines) is 1. The van der Waals surface area contributed by atoms with Gasteiger partial charge in [-0.3, -0.25) is 9.69 Å². The summed E-state index contributed by atoms with van der Waals surface area (Å²) in [4.78, 5) is 17.5. The van der Waals surface area contributed by atoms with E-state index < -0.39 is 5.54 Å². The van der Waals surface area contributed by atoms with Crippen molar-refractivity contribution in [2.24, 2.45) is 11.7 Å². The number of amides is 1. The number of rotatable bonds is 2. The second kappa shape index (κ2) is 7.63. The molecule has 7 heteroatoms. The normalized spacial score (nSPS) is 32.5. The van der Waals surface area contributed by atoms with Gasteiger partial charge in [-0.05, 0) is 63.4 Å². The van der Waals surface area contributed by atoms with Crippen molar-refractivity contribution >= 4 is 30.7 Å². The molecule has 0 aliphatic carbocycles. The fourth-order valence-corrected chi connectivity index (χ4v) is 5.03. The molecule has 1 aromatic rings. The molecular weight excluding hydrogens is 376 g/mol. The first-order chi connectivity index (χ1) is 11.4. The largest absolute Gasteiger partial charge is 0.336 e. The number of carbonyl (C=O) groups is 1. The van der Waals surface area contributed by atoms with Crippen LogP contribution in [0.5, 0.6) is 0 Å². The Kier molecular flexibility index (Phi) is 6.28. The predicted molar refractivity (Wildman–Crippen MR) is 105 cm³/mol. The summed E-state index contributed by atoms with van der Waals surface area (Å²) in [5.41, 5.74) is 6.40. The van der Waals surface area contributed by atoms with Crippen LogP contribution in [0.3, 0.4) is 0 Å². The van der Waals surface area contributed by atoms with Crippen molar-refractivity contribution < 1.29 is 9.18 Å². The van der Waals surface area contributed by atoms with Gasteiger partial charge in [0.2, 0.25) is 5.91 Å². The third kappa shape index (κ3) is 3.47. The second-order valence-corrected chi connectivity index (χ2v) is 8.19. The van der Waals surface area contributed by atoms with Crippen molar-refractivity contribution in [1.82, 2.24) is 9.80 Å². The Hall–Kier alpha value is -0.880. The summed E-state index contributed by atoms with van der Waals surface area (Å²) >= 11 is 0. The third-order valence-electron chi connectivity index (χ3n) is 6.10. The molecule has 4 aliphatic rings. The van der Waals surface area contributed by atoms with Crippen molar-refractivity contribution in [2.45, 2.75) is 50.2 Å². The Labute approximate surface area is 167 Å². The van der Waals surface area contributed by atoms with Gasteiger partial charge in [0.05, 0.1) is 11.6 Å². The third-order valence-corrected chi connectivity index (χ3v) is 6.10. The first-order valence-electron chi connectivity index (χ1n) is 8.96. The summed E-state index contributed by atoms with van der Waals surface area (Å²) in [5, 5.41) is 0. The minimum absolute atomic E-state index is 0. The van der Waals surface area contributed by atoms with E-state index in [-0.39, 0.29) is 48.5 Å². The summed E-state index contributed by atoms with van der Waals surface area (Å²) < 4.78 is 13.3. The number of benzene rings is 1. The highest BCUT2D eigenvalue weighted by molar-refractivity contribution is 5.86. The van der Waals surface area contributed by atoms with Crippen molar-refractivity contribution in [2.75, 3.05) is 19.6 Å². The molecule has 1 amide bonds. The molecule has 26 heavy (non-hydrogen) atoms. The van der Waals surface area contributed by atoms with E-state index in [1.54, 1.807) is 13.8 Å². The van der Waals surface area contributed by atoms with Crippen molar-refractivity contribution in [3.8, 4) is 0 Å². The van der Waals surface area contributed by atoms with Crippen LogP contribution in [0.4, 0.5) is 4.39 Å². The van der Waals surface area contributed by atoms with E-state index in [1.807, 2.05) is 17.0 Å². The lowest BCUT2D eigenvalue weighted by atomic mass is 9.75. The van der Waals surface area contributed by atoms with E-state index in [0.29, 0.717) is 18.5 Å². The fraction of sp³-hybridized carbons (Fsp3) is 0.632. The van der Waals surface area contributed by atoms with Gasteiger partial charge in [0.25, 0.3) is 0 Å². The summed E-state index contributed by atoms with van der Waals surface area (Å²) in [6.07, 6.45) is 2.32. The quantitative estimate of drug-likeness (QED) is 0.825. The molecule has 0 aromatic heterocycles. The summed E-state index contributed by atoms with van der Waals surface area (Å²) in [6, 6.07) is 7.40. The number of halogens is 3. The standard InChI is InChI=1S/C19H26FN3O.2ClH/c1-19(2,21)18(24)23-11-15(12-3-5-14(20)6-4-12)17-16(23)13-7-9-22(17)10-8-13;;/h3-6,13,15-17H,7-11,21H2,1-2H3;2*1H/t15-,16+,17+;;/m0../s1. The van der Waals surface area contributed by atoms with Crippen LogP contribution in [0.2, 0.25) is 0 Å². The molecule has 4 heterocycles. The highest BCUT2D eigenvalue weighted by Crippen LogP contribution is 2.46. The van der Waals surface area contributed by atoms with Gasteiger partial charge in [0.1, 0.15) is 5.82 Å². The lowest BCUT2D eigenvalue weighted by Gasteiger charge is -2.51. The molecule has 4 aliphatic heterocycles. The Morgan fingerprint density at radius 3 is 2.23 bits per heavy atom. The minimum atomic E-state index is -0.853. The smallest absolute Gasteiger partial charge is 0.242 e. The molecule has 2 bridgehead atoms. The highest BCUT2D eigenvalue weighted by Gasteiger charge is 2.55. The van der Waals surface area contributed by atoms with Crippen LogP contribution in [0.1, 0.15) is 38.2 Å². The van der Waals surface area contributed by atoms with Gasteiger partial charge in [-0.1, -0.05) is 12.1 Å². The summed E-state index contributed by atoms with van der Waals surface area (Å²) in [7, 11) is 0. The maximum Gasteiger partial charge on any atom is 0.242 e. The maximum atomic E-state index is 13.3. The van der Waals surface area contributed by atoms with E-state index in [9.17, 15) is 9.18 Å². The molecule has 146 valence electrons. The van der Waals surface area contributed by atoms with E-state index in [4.69, 9.17) is 5.73 Å². The molecule has 3 atom stereocenters. The molecule has 0 radical (unpaired) electrons. The Morgan fingerprint density at radius 1 is 1.12 bits per heavy atom. The van der Waals surface area contributed by atoms with Crippen LogP contribution in [0.25, 0.3) is 0 Å². The molecule has 1 aromatic carbocycles. The molecular formula is C19H28Cl2FN3O. The van der Waals surface area contributed by atoms with Crippen LogP contribution in [-0.2, 0) is 4.79 Å². The average Bonchev–Trinajstić information content (AvgIpc) is 2.97. The lowest BCUT2D eigenvalue weighted by Crippen LogP contribution is -2.63. The van der Waals surface area contributed by atoms with Crippen LogP contribution in [0, 0.1) is 11.7 Å². The van der Waals surface area contributed by atoms with E-state index in [0.717, 1.165) is 31.5 Å². The first-order valence-corrected chi connectivity index (χ1v) is 8.96.